The van der Waals surface area contributed by atoms with Gasteiger partial charge in [-0.3, -0.25) is 4.79 Å². The highest BCUT2D eigenvalue weighted by Gasteiger charge is 2.13. The molecule has 0 amide bonds. The van der Waals surface area contributed by atoms with Crippen LogP contribution in [0.1, 0.15) is 23.0 Å². The zero-order valence-electron chi connectivity index (χ0n) is 12.3. The third kappa shape index (κ3) is 2.84. The molecule has 2 nitrogen and oxygen atoms in total. The van der Waals surface area contributed by atoms with E-state index in [-0.39, 0.29) is 11.6 Å². The van der Waals surface area contributed by atoms with Crippen LogP contribution in [0.2, 0.25) is 0 Å². The molecule has 3 aromatic rings. The highest BCUT2D eigenvalue weighted by molar-refractivity contribution is 5.93. The van der Waals surface area contributed by atoms with E-state index in [2.05, 4.69) is 0 Å². The number of hydrogen-bond donors (Lipinski definition) is 0. The molecule has 0 aliphatic carbocycles. The summed E-state index contributed by atoms with van der Waals surface area (Å²) in [6.07, 6.45) is 0. The maximum atomic E-state index is 13.1. The minimum absolute atomic E-state index is 0.0179. The lowest BCUT2D eigenvalue weighted by atomic mass is 10.1. The van der Waals surface area contributed by atoms with Crippen molar-refractivity contribution in [3.05, 3.63) is 83.8 Å². The van der Waals surface area contributed by atoms with Gasteiger partial charge < -0.3 is 4.57 Å². The Bertz CT molecular complexity index is 788. The van der Waals surface area contributed by atoms with E-state index in [1.54, 1.807) is 19.1 Å². The molecule has 22 heavy (non-hydrogen) atoms. The maximum absolute atomic E-state index is 13.1. The normalized spacial score (nSPS) is 10.6. The van der Waals surface area contributed by atoms with E-state index in [9.17, 15) is 9.18 Å². The van der Waals surface area contributed by atoms with Crippen LogP contribution in [0.3, 0.4) is 0 Å². The zero-order valence-corrected chi connectivity index (χ0v) is 12.3. The van der Waals surface area contributed by atoms with E-state index in [1.807, 2.05) is 47.0 Å². The molecular formula is C19H16FNO. The molecule has 3 rings (SSSR count). The number of benzene rings is 2. The fourth-order valence-corrected chi connectivity index (χ4v) is 2.58. The molecule has 1 heterocycles. The van der Waals surface area contributed by atoms with Gasteiger partial charge in [-0.1, -0.05) is 42.5 Å². The Hall–Kier alpha value is -2.68. The topological polar surface area (TPSA) is 22.0 Å². The van der Waals surface area contributed by atoms with E-state index in [0.29, 0.717) is 12.2 Å². The first-order valence-electron chi connectivity index (χ1n) is 7.15. The van der Waals surface area contributed by atoms with Crippen molar-refractivity contribution in [3.63, 3.8) is 0 Å². The molecule has 0 saturated heterocycles. The molecule has 0 aliphatic heterocycles. The SMILES string of the molecule is CC(=O)c1ccc(-c2ccccc2)n1Cc1ccc(F)cc1. The molecule has 1 aromatic heterocycles. The van der Waals surface area contributed by atoms with Crippen molar-refractivity contribution in [2.45, 2.75) is 13.5 Å². The second-order valence-corrected chi connectivity index (χ2v) is 5.24. The first-order chi connectivity index (χ1) is 10.6. The fourth-order valence-electron chi connectivity index (χ4n) is 2.58. The second kappa shape index (κ2) is 5.98. The number of hydrogen-bond acceptors (Lipinski definition) is 1. The summed E-state index contributed by atoms with van der Waals surface area (Å²) >= 11 is 0. The minimum atomic E-state index is -0.258. The number of carbonyl (C=O) groups is 1. The summed E-state index contributed by atoms with van der Waals surface area (Å²) < 4.78 is 15.0. The molecule has 0 spiro atoms. The third-order valence-electron chi connectivity index (χ3n) is 3.66. The average molecular weight is 293 g/mol. The molecular weight excluding hydrogens is 277 g/mol. The minimum Gasteiger partial charge on any atom is -0.334 e. The number of carbonyl (C=O) groups excluding carboxylic acids is 1. The van der Waals surface area contributed by atoms with Crippen molar-refractivity contribution in [2.24, 2.45) is 0 Å². The molecule has 0 bridgehead atoms. The van der Waals surface area contributed by atoms with Crippen molar-refractivity contribution in [1.29, 1.82) is 0 Å². The predicted molar refractivity (Wildman–Crippen MR) is 85.4 cm³/mol. The van der Waals surface area contributed by atoms with E-state index in [1.165, 1.54) is 12.1 Å². The van der Waals surface area contributed by atoms with Gasteiger partial charge in [0, 0.05) is 19.2 Å². The number of nitrogens with zero attached hydrogens (tertiary/aromatic N) is 1. The van der Waals surface area contributed by atoms with Crippen molar-refractivity contribution in [2.75, 3.05) is 0 Å². The molecule has 0 fully saturated rings. The van der Waals surface area contributed by atoms with E-state index in [4.69, 9.17) is 0 Å². The van der Waals surface area contributed by atoms with Crippen molar-refractivity contribution < 1.29 is 9.18 Å². The molecule has 0 unspecified atom stereocenters. The molecule has 3 heteroatoms. The van der Waals surface area contributed by atoms with Crippen LogP contribution in [0.25, 0.3) is 11.3 Å². The lowest BCUT2D eigenvalue weighted by Crippen LogP contribution is -2.09. The van der Waals surface area contributed by atoms with Gasteiger partial charge in [0.05, 0.1) is 5.69 Å². The van der Waals surface area contributed by atoms with Gasteiger partial charge in [0.25, 0.3) is 0 Å². The van der Waals surface area contributed by atoms with Crippen LogP contribution in [0.4, 0.5) is 4.39 Å². The Labute approximate surface area is 128 Å². The lowest BCUT2D eigenvalue weighted by Gasteiger charge is -2.13. The summed E-state index contributed by atoms with van der Waals surface area (Å²) in [5.41, 5.74) is 3.65. The van der Waals surface area contributed by atoms with Gasteiger partial charge >= 0.3 is 0 Å². The average Bonchev–Trinajstić information content (AvgIpc) is 2.94. The predicted octanol–water partition coefficient (Wildman–Crippen LogP) is 4.55. The summed E-state index contributed by atoms with van der Waals surface area (Å²) in [7, 11) is 0. The van der Waals surface area contributed by atoms with Crippen LogP contribution in [-0.2, 0) is 6.54 Å². The van der Waals surface area contributed by atoms with E-state index < -0.39 is 0 Å². The van der Waals surface area contributed by atoms with Crippen molar-refractivity contribution in [3.8, 4) is 11.3 Å². The molecule has 0 radical (unpaired) electrons. The van der Waals surface area contributed by atoms with Crippen LogP contribution in [0, 0.1) is 5.82 Å². The quantitative estimate of drug-likeness (QED) is 0.647. The zero-order chi connectivity index (χ0) is 15.5. The lowest BCUT2D eigenvalue weighted by molar-refractivity contribution is 0.100. The Kier molecular flexibility index (Phi) is 3.88. The van der Waals surface area contributed by atoms with E-state index >= 15 is 0 Å². The van der Waals surface area contributed by atoms with Crippen LogP contribution >= 0.6 is 0 Å². The van der Waals surface area contributed by atoms with E-state index in [0.717, 1.165) is 16.8 Å². The van der Waals surface area contributed by atoms with Crippen LogP contribution < -0.4 is 0 Å². The van der Waals surface area contributed by atoms with Crippen molar-refractivity contribution in [1.82, 2.24) is 4.57 Å². The van der Waals surface area contributed by atoms with Gasteiger partial charge in [0.2, 0.25) is 0 Å². The highest BCUT2D eigenvalue weighted by Crippen LogP contribution is 2.24. The van der Waals surface area contributed by atoms with Gasteiger partial charge in [0.15, 0.2) is 5.78 Å². The number of rotatable bonds is 4. The highest BCUT2D eigenvalue weighted by atomic mass is 19.1. The first-order valence-corrected chi connectivity index (χ1v) is 7.15. The second-order valence-electron chi connectivity index (χ2n) is 5.24. The van der Waals surface area contributed by atoms with Crippen LogP contribution in [0.5, 0.6) is 0 Å². The Balaban J connectivity index is 2.05. The maximum Gasteiger partial charge on any atom is 0.176 e. The fraction of sp³-hybridized carbons (Fsp3) is 0.105. The van der Waals surface area contributed by atoms with Gasteiger partial charge in [-0.2, -0.15) is 0 Å². The molecule has 0 atom stereocenters. The Morgan fingerprint density at radius 2 is 1.64 bits per heavy atom. The first kappa shape index (κ1) is 14.3. The summed E-state index contributed by atoms with van der Waals surface area (Å²) in [6.45, 7) is 2.09. The Morgan fingerprint density at radius 1 is 0.955 bits per heavy atom. The largest absolute Gasteiger partial charge is 0.334 e. The van der Waals surface area contributed by atoms with Crippen molar-refractivity contribution >= 4 is 5.78 Å². The van der Waals surface area contributed by atoms with Gasteiger partial charge in [-0.05, 0) is 35.4 Å². The number of aromatic nitrogens is 1. The molecule has 0 saturated carbocycles. The van der Waals surface area contributed by atoms with Crippen LogP contribution in [0.15, 0.2) is 66.7 Å². The third-order valence-corrected chi connectivity index (χ3v) is 3.66. The number of halogens is 1. The summed E-state index contributed by atoms with van der Waals surface area (Å²) in [6, 6.07) is 20.1. The summed E-state index contributed by atoms with van der Waals surface area (Å²) in [5, 5.41) is 0. The van der Waals surface area contributed by atoms with Crippen LogP contribution in [-0.4, -0.2) is 10.4 Å². The number of ketones is 1. The number of Topliss-reactive ketones (excluding diaryl/α,β-unsaturated/α-hetero) is 1. The smallest absolute Gasteiger partial charge is 0.176 e. The van der Waals surface area contributed by atoms with Gasteiger partial charge in [-0.25, -0.2) is 4.39 Å². The molecule has 0 N–H and O–H groups in total. The van der Waals surface area contributed by atoms with Gasteiger partial charge in [0.1, 0.15) is 5.82 Å². The monoisotopic (exact) mass is 293 g/mol. The molecule has 0 aliphatic rings. The summed E-state index contributed by atoms with van der Waals surface area (Å²) in [4.78, 5) is 11.9. The molecule has 110 valence electrons. The summed E-state index contributed by atoms with van der Waals surface area (Å²) in [5.74, 6) is -0.240. The standard InChI is InChI=1S/C19H16FNO/c1-14(22)18-11-12-19(16-5-3-2-4-6-16)21(18)13-15-7-9-17(20)10-8-15/h2-12H,13H2,1H3. The van der Waals surface area contributed by atoms with Gasteiger partial charge in [-0.15, -0.1) is 0 Å². The Morgan fingerprint density at radius 3 is 2.27 bits per heavy atom. The molecule has 2 aromatic carbocycles.